The Kier molecular flexibility index (Phi) is 3.59. The van der Waals surface area contributed by atoms with E-state index in [0.29, 0.717) is 18.6 Å². The summed E-state index contributed by atoms with van der Waals surface area (Å²) in [6.07, 6.45) is 3.47. The van der Waals surface area contributed by atoms with Gasteiger partial charge in [0.1, 0.15) is 0 Å². The van der Waals surface area contributed by atoms with Crippen LogP contribution in [0, 0.1) is 0 Å². The van der Waals surface area contributed by atoms with Gasteiger partial charge in [-0.3, -0.25) is 4.79 Å². The summed E-state index contributed by atoms with van der Waals surface area (Å²) >= 11 is 0. The molecular weight excluding hydrogens is 190 g/mol. The average Bonchev–Trinajstić information content (AvgIpc) is 2.84. The van der Waals surface area contributed by atoms with Crippen LogP contribution in [0.25, 0.3) is 0 Å². The molecule has 2 N–H and O–H groups in total. The zero-order chi connectivity index (χ0) is 10.7. The van der Waals surface area contributed by atoms with Crippen LogP contribution in [0.15, 0.2) is 0 Å². The maximum Gasteiger partial charge on any atom is 0.236 e. The summed E-state index contributed by atoms with van der Waals surface area (Å²) in [5.74, 6) is 0.270. The van der Waals surface area contributed by atoms with Gasteiger partial charge in [0.25, 0.3) is 0 Å². The van der Waals surface area contributed by atoms with Gasteiger partial charge >= 0.3 is 0 Å². The van der Waals surface area contributed by atoms with E-state index >= 15 is 0 Å². The number of carbonyl (C=O) groups is 1. The van der Waals surface area contributed by atoms with Crippen molar-refractivity contribution in [2.45, 2.75) is 38.3 Å². The first-order chi connectivity index (χ1) is 7.27. The summed E-state index contributed by atoms with van der Waals surface area (Å²) in [5, 5.41) is 6.61. The fraction of sp³-hybridized carbons (Fsp3) is 0.909. The Morgan fingerprint density at radius 3 is 3.00 bits per heavy atom. The lowest BCUT2D eigenvalue weighted by Gasteiger charge is -2.22. The normalized spacial score (nSPS) is 31.1. The van der Waals surface area contributed by atoms with Crippen molar-refractivity contribution in [2.24, 2.45) is 0 Å². The molecule has 15 heavy (non-hydrogen) atoms. The Morgan fingerprint density at radius 2 is 2.40 bits per heavy atom. The van der Waals surface area contributed by atoms with E-state index in [4.69, 9.17) is 0 Å². The number of nitrogens with zero attached hydrogens (tertiary/aromatic N) is 1. The van der Waals surface area contributed by atoms with E-state index in [2.05, 4.69) is 17.6 Å². The predicted molar refractivity (Wildman–Crippen MR) is 59.7 cm³/mol. The van der Waals surface area contributed by atoms with Gasteiger partial charge in [0.15, 0.2) is 0 Å². The molecule has 0 aliphatic carbocycles. The third-order valence-corrected chi connectivity index (χ3v) is 3.48. The second-order valence-corrected chi connectivity index (χ2v) is 4.65. The van der Waals surface area contributed by atoms with Crippen molar-refractivity contribution in [3.05, 3.63) is 0 Å². The first-order valence-corrected chi connectivity index (χ1v) is 6.01. The molecule has 4 heteroatoms. The maximum absolute atomic E-state index is 11.9. The van der Waals surface area contributed by atoms with E-state index < -0.39 is 0 Å². The largest absolute Gasteiger partial charge is 0.339 e. The molecule has 86 valence electrons. The van der Waals surface area contributed by atoms with Gasteiger partial charge in [0.2, 0.25) is 5.91 Å². The first-order valence-electron chi connectivity index (χ1n) is 6.01. The smallest absolute Gasteiger partial charge is 0.236 e. The van der Waals surface area contributed by atoms with Gasteiger partial charge in [-0.15, -0.1) is 0 Å². The molecule has 2 aliphatic rings. The molecule has 2 aliphatic heterocycles. The number of hydrogen-bond acceptors (Lipinski definition) is 3. The second-order valence-electron chi connectivity index (χ2n) is 4.65. The van der Waals surface area contributed by atoms with Crippen LogP contribution in [-0.2, 0) is 4.79 Å². The summed E-state index contributed by atoms with van der Waals surface area (Å²) in [6.45, 7) is 5.68. The molecule has 2 heterocycles. The number of rotatable bonds is 3. The molecule has 1 amide bonds. The van der Waals surface area contributed by atoms with Gasteiger partial charge in [-0.2, -0.15) is 0 Å². The molecule has 2 rings (SSSR count). The summed E-state index contributed by atoms with van der Waals surface area (Å²) in [5.41, 5.74) is 0. The molecule has 2 fully saturated rings. The predicted octanol–water partition coefficient (Wildman–Crippen LogP) is -0.0512. The van der Waals surface area contributed by atoms with Crippen molar-refractivity contribution in [3.8, 4) is 0 Å². The lowest BCUT2D eigenvalue weighted by atomic mass is 10.2. The Bertz CT molecular complexity index is 226. The van der Waals surface area contributed by atoms with Crippen LogP contribution in [-0.4, -0.2) is 49.1 Å². The van der Waals surface area contributed by atoms with Gasteiger partial charge < -0.3 is 15.5 Å². The Balaban J connectivity index is 1.71. The Labute approximate surface area is 91.4 Å². The lowest BCUT2D eigenvalue weighted by molar-refractivity contribution is -0.130. The van der Waals surface area contributed by atoms with Crippen molar-refractivity contribution < 1.29 is 4.79 Å². The molecular formula is C11H21N3O. The highest BCUT2D eigenvalue weighted by Crippen LogP contribution is 2.15. The number of nitrogens with one attached hydrogen (secondary N) is 2. The molecule has 0 saturated carbocycles. The second kappa shape index (κ2) is 4.94. The molecule has 0 aromatic carbocycles. The summed E-state index contributed by atoms with van der Waals surface area (Å²) in [4.78, 5) is 13.9. The third-order valence-electron chi connectivity index (χ3n) is 3.48. The number of hydrogen-bond donors (Lipinski definition) is 2. The number of amides is 1. The molecule has 2 saturated heterocycles. The summed E-state index contributed by atoms with van der Waals surface area (Å²) in [7, 11) is 0. The van der Waals surface area contributed by atoms with Crippen LogP contribution in [0.3, 0.4) is 0 Å². The molecule has 2 unspecified atom stereocenters. The number of carbonyl (C=O) groups excluding carboxylic acids is 1. The Morgan fingerprint density at radius 1 is 1.53 bits per heavy atom. The van der Waals surface area contributed by atoms with Crippen LogP contribution in [0.4, 0.5) is 0 Å². The molecule has 0 radical (unpaired) electrons. The van der Waals surface area contributed by atoms with E-state index in [-0.39, 0.29) is 5.91 Å². The van der Waals surface area contributed by atoms with Crippen LogP contribution < -0.4 is 10.6 Å². The van der Waals surface area contributed by atoms with E-state index in [1.807, 2.05) is 4.90 Å². The van der Waals surface area contributed by atoms with Crippen LogP contribution in [0.1, 0.15) is 26.2 Å². The zero-order valence-corrected chi connectivity index (χ0v) is 9.46. The minimum atomic E-state index is 0.270. The molecule has 0 aromatic rings. The molecule has 0 spiro atoms. The monoisotopic (exact) mass is 211 g/mol. The highest BCUT2D eigenvalue weighted by atomic mass is 16.2. The standard InChI is InChI=1S/C11H21N3O/c1-9-3-2-6-14(9)11(15)8-13-10-4-5-12-7-10/h9-10,12-13H,2-8H2,1H3. The van der Waals surface area contributed by atoms with Gasteiger partial charge in [0.05, 0.1) is 6.54 Å². The zero-order valence-electron chi connectivity index (χ0n) is 9.46. The van der Waals surface area contributed by atoms with Crippen molar-refractivity contribution in [1.29, 1.82) is 0 Å². The van der Waals surface area contributed by atoms with E-state index in [1.54, 1.807) is 0 Å². The molecule has 4 nitrogen and oxygen atoms in total. The van der Waals surface area contributed by atoms with E-state index in [1.165, 1.54) is 0 Å². The summed E-state index contributed by atoms with van der Waals surface area (Å²) < 4.78 is 0. The summed E-state index contributed by atoms with van der Waals surface area (Å²) in [6, 6.07) is 0.938. The quantitative estimate of drug-likeness (QED) is 0.688. The van der Waals surface area contributed by atoms with Crippen molar-refractivity contribution in [1.82, 2.24) is 15.5 Å². The molecule has 2 atom stereocenters. The number of likely N-dealkylation sites (tertiary alicyclic amines) is 1. The van der Waals surface area contributed by atoms with Crippen molar-refractivity contribution in [2.75, 3.05) is 26.2 Å². The molecule has 0 aromatic heterocycles. The SMILES string of the molecule is CC1CCCN1C(=O)CNC1CCNC1. The topological polar surface area (TPSA) is 44.4 Å². The van der Waals surface area contributed by atoms with Crippen molar-refractivity contribution in [3.63, 3.8) is 0 Å². The average molecular weight is 211 g/mol. The fourth-order valence-corrected chi connectivity index (χ4v) is 2.47. The van der Waals surface area contributed by atoms with E-state index in [9.17, 15) is 4.79 Å². The van der Waals surface area contributed by atoms with Gasteiger partial charge in [0, 0.05) is 25.2 Å². The molecule has 0 bridgehead atoms. The lowest BCUT2D eigenvalue weighted by Crippen LogP contribution is -2.43. The highest BCUT2D eigenvalue weighted by Gasteiger charge is 2.25. The van der Waals surface area contributed by atoms with Crippen LogP contribution in [0.5, 0.6) is 0 Å². The highest BCUT2D eigenvalue weighted by molar-refractivity contribution is 5.78. The van der Waals surface area contributed by atoms with E-state index in [0.717, 1.165) is 38.9 Å². The first kappa shape index (κ1) is 10.9. The van der Waals surface area contributed by atoms with Crippen LogP contribution >= 0.6 is 0 Å². The minimum absolute atomic E-state index is 0.270. The van der Waals surface area contributed by atoms with Gasteiger partial charge in [-0.25, -0.2) is 0 Å². The van der Waals surface area contributed by atoms with Gasteiger partial charge in [-0.05, 0) is 32.7 Å². The fourth-order valence-electron chi connectivity index (χ4n) is 2.47. The third kappa shape index (κ3) is 2.69. The van der Waals surface area contributed by atoms with Crippen molar-refractivity contribution >= 4 is 5.91 Å². The Hall–Kier alpha value is -0.610. The van der Waals surface area contributed by atoms with Crippen LogP contribution in [0.2, 0.25) is 0 Å². The maximum atomic E-state index is 11.9. The van der Waals surface area contributed by atoms with Gasteiger partial charge in [-0.1, -0.05) is 0 Å². The minimum Gasteiger partial charge on any atom is -0.339 e.